The molecule has 33 heavy (non-hydrogen) atoms. The summed E-state index contributed by atoms with van der Waals surface area (Å²) in [5.74, 6) is -0.135. The Balaban J connectivity index is 1.75. The molecule has 1 aliphatic heterocycles. The molecule has 0 bridgehead atoms. The molecule has 0 saturated carbocycles. The summed E-state index contributed by atoms with van der Waals surface area (Å²) < 4.78 is 27.7. The van der Waals surface area contributed by atoms with Gasteiger partial charge in [-0.25, -0.2) is 8.42 Å². The molecule has 1 heterocycles. The fourth-order valence-corrected chi connectivity index (χ4v) is 6.07. The number of fused-ring (bicyclic) bond motifs is 3. The van der Waals surface area contributed by atoms with Crippen molar-refractivity contribution in [3.63, 3.8) is 0 Å². The quantitative estimate of drug-likeness (QED) is 0.336. The number of nitrogens with zero attached hydrogens (tertiary/aromatic N) is 2. The maximum absolute atomic E-state index is 13.2. The summed E-state index contributed by atoms with van der Waals surface area (Å²) in [6.07, 6.45) is 7.82. The monoisotopic (exact) mass is 467 g/mol. The number of benzene rings is 2. The van der Waals surface area contributed by atoms with E-state index in [0.717, 1.165) is 11.3 Å². The van der Waals surface area contributed by atoms with Crippen LogP contribution in [0.15, 0.2) is 78.8 Å². The molecule has 2 N–H and O–H groups in total. The van der Waals surface area contributed by atoms with Crippen molar-refractivity contribution in [1.29, 1.82) is 0 Å². The van der Waals surface area contributed by atoms with Gasteiger partial charge in [-0.15, -0.1) is 13.2 Å². The number of hydrogen-bond acceptors (Lipinski definition) is 6. The summed E-state index contributed by atoms with van der Waals surface area (Å²) in [6, 6.07) is 8.59. The van der Waals surface area contributed by atoms with Gasteiger partial charge in [0.05, 0.1) is 15.9 Å². The Kier molecular flexibility index (Phi) is 6.09. The number of nitro benzene ring substituents is 1. The number of nitrogens with one attached hydrogen (secondary N) is 1. The van der Waals surface area contributed by atoms with Crippen molar-refractivity contribution < 1.29 is 18.4 Å². The molecule has 9 heteroatoms. The molecule has 2 aromatic rings. The first-order chi connectivity index (χ1) is 15.8. The van der Waals surface area contributed by atoms with E-state index < -0.39 is 14.9 Å². The van der Waals surface area contributed by atoms with E-state index in [2.05, 4.69) is 18.5 Å². The van der Waals surface area contributed by atoms with Crippen molar-refractivity contribution in [1.82, 2.24) is 4.31 Å². The number of phenolic OH excluding ortho intramolecular Hbond substituents is 1. The Morgan fingerprint density at radius 3 is 2.55 bits per heavy atom. The van der Waals surface area contributed by atoms with E-state index >= 15 is 0 Å². The van der Waals surface area contributed by atoms with Crippen LogP contribution in [-0.2, 0) is 10.0 Å². The molecular formula is C24H25N3O5S. The highest BCUT2D eigenvalue weighted by Gasteiger charge is 2.40. The lowest BCUT2D eigenvalue weighted by atomic mass is 9.77. The minimum absolute atomic E-state index is 0.0177. The fraction of sp³-hybridized carbons (Fsp3) is 0.250. The van der Waals surface area contributed by atoms with Crippen molar-refractivity contribution in [2.75, 3.05) is 18.4 Å². The van der Waals surface area contributed by atoms with Crippen LogP contribution in [-0.4, -0.2) is 35.8 Å². The predicted molar refractivity (Wildman–Crippen MR) is 127 cm³/mol. The first-order valence-corrected chi connectivity index (χ1v) is 12.0. The molecular weight excluding hydrogens is 442 g/mol. The summed E-state index contributed by atoms with van der Waals surface area (Å²) in [5, 5.41) is 25.1. The summed E-state index contributed by atoms with van der Waals surface area (Å²) in [5.41, 5.74) is 1.93. The Labute approximate surface area is 192 Å². The first-order valence-electron chi connectivity index (χ1n) is 10.5. The van der Waals surface area contributed by atoms with Gasteiger partial charge in [0.15, 0.2) is 0 Å². The highest BCUT2D eigenvalue weighted by Crippen LogP contribution is 2.51. The molecule has 1 aliphatic carbocycles. The molecule has 0 spiro atoms. The average molecular weight is 468 g/mol. The number of hydrogen-bond donors (Lipinski definition) is 2. The Bertz CT molecular complexity index is 1240. The summed E-state index contributed by atoms with van der Waals surface area (Å²) in [4.78, 5) is 11.0. The molecule has 0 fully saturated rings. The first kappa shape index (κ1) is 22.8. The zero-order valence-corrected chi connectivity index (χ0v) is 18.7. The SMILES string of the molecule is C=CCN(CC=C)S(=O)(=O)c1ccc2c(c1)C1C=CCC1C(c1cc([N+](=O)[O-])ccc1O)N2. The fourth-order valence-electron chi connectivity index (χ4n) is 4.65. The lowest BCUT2D eigenvalue weighted by Gasteiger charge is -2.38. The largest absolute Gasteiger partial charge is 0.508 e. The van der Waals surface area contributed by atoms with E-state index in [1.807, 2.05) is 12.2 Å². The zero-order valence-electron chi connectivity index (χ0n) is 17.9. The highest BCUT2D eigenvalue weighted by atomic mass is 32.2. The van der Waals surface area contributed by atoms with Crippen LogP contribution in [0.2, 0.25) is 0 Å². The minimum atomic E-state index is -3.75. The van der Waals surface area contributed by atoms with Crippen molar-refractivity contribution in [3.8, 4) is 5.75 Å². The maximum atomic E-state index is 13.2. The number of phenols is 1. The van der Waals surface area contributed by atoms with Crippen LogP contribution >= 0.6 is 0 Å². The second-order valence-electron chi connectivity index (χ2n) is 8.12. The molecule has 3 unspecified atom stereocenters. The van der Waals surface area contributed by atoms with Gasteiger partial charge < -0.3 is 10.4 Å². The standard InChI is InChI=1S/C24H25N3O5S/c1-3-12-26(13-4-2)33(31,32)17-9-10-22-20(15-17)18-6-5-7-19(18)24(25-22)21-14-16(27(29)30)8-11-23(21)28/h3-6,8-11,14-15,18-19,24-25,28H,1-2,7,12-13H2. The van der Waals surface area contributed by atoms with Gasteiger partial charge in [0.25, 0.3) is 5.69 Å². The maximum Gasteiger partial charge on any atom is 0.270 e. The molecule has 0 aromatic heterocycles. The lowest BCUT2D eigenvalue weighted by molar-refractivity contribution is -0.385. The number of allylic oxidation sites excluding steroid dienone is 2. The van der Waals surface area contributed by atoms with E-state index in [-0.39, 0.29) is 47.3 Å². The average Bonchev–Trinajstić information content (AvgIpc) is 3.28. The van der Waals surface area contributed by atoms with Gasteiger partial charge in [-0.3, -0.25) is 10.1 Å². The van der Waals surface area contributed by atoms with Gasteiger partial charge in [-0.2, -0.15) is 4.31 Å². The Morgan fingerprint density at radius 2 is 1.88 bits per heavy atom. The van der Waals surface area contributed by atoms with E-state index in [1.54, 1.807) is 18.2 Å². The van der Waals surface area contributed by atoms with Crippen LogP contribution in [0.1, 0.15) is 29.5 Å². The van der Waals surface area contributed by atoms with Crippen LogP contribution in [0.5, 0.6) is 5.75 Å². The number of rotatable bonds is 8. The number of sulfonamides is 1. The number of nitro groups is 1. The third-order valence-electron chi connectivity index (χ3n) is 6.19. The summed E-state index contributed by atoms with van der Waals surface area (Å²) >= 11 is 0. The lowest BCUT2D eigenvalue weighted by Crippen LogP contribution is -2.32. The molecule has 172 valence electrons. The van der Waals surface area contributed by atoms with Crippen molar-refractivity contribution in [2.24, 2.45) is 5.92 Å². The highest BCUT2D eigenvalue weighted by molar-refractivity contribution is 7.89. The van der Waals surface area contributed by atoms with Gasteiger partial charge in [-0.05, 0) is 42.2 Å². The third-order valence-corrected chi connectivity index (χ3v) is 8.02. The zero-order chi connectivity index (χ0) is 23.8. The van der Waals surface area contributed by atoms with E-state index in [9.17, 15) is 23.6 Å². The molecule has 2 aromatic carbocycles. The number of aromatic hydroxyl groups is 1. The molecule has 3 atom stereocenters. The molecule has 0 amide bonds. The van der Waals surface area contributed by atoms with Crippen LogP contribution in [0.25, 0.3) is 0 Å². The van der Waals surface area contributed by atoms with Crippen molar-refractivity contribution >= 4 is 21.4 Å². The number of non-ortho nitro benzene ring substituents is 1. The molecule has 0 radical (unpaired) electrons. The van der Waals surface area contributed by atoms with Crippen molar-refractivity contribution in [2.45, 2.75) is 23.3 Å². The Morgan fingerprint density at radius 1 is 1.15 bits per heavy atom. The van der Waals surface area contributed by atoms with Gasteiger partial charge in [0.1, 0.15) is 5.75 Å². The molecule has 8 nitrogen and oxygen atoms in total. The summed E-state index contributed by atoms with van der Waals surface area (Å²) in [7, 11) is -3.75. The third kappa shape index (κ3) is 4.05. The van der Waals surface area contributed by atoms with Gasteiger partial charge in [0, 0.05) is 42.4 Å². The molecule has 0 saturated heterocycles. The van der Waals surface area contributed by atoms with Crippen LogP contribution in [0.3, 0.4) is 0 Å². The van der Waals surface area contributed by atoms with Gasteiger partial charge >= 0.3 is 0 Å². The minimum Gasteiger partial charge on any atom is -0.508 e. The van der Waals surface area contributed by atoms with Gasteiger partial charge in [0.2, 0.25) is 10.0 Å². The van der Waals surface area contributed by atoms with E-state index in [0.29, 0.717) is 12.0 Å². The van der Waals surface area contributed by atoms with Crippen LogP contribution < -0.4 is 5.32 Å². The second kappa shape index (κ2) is 8.84. The van der Waals surface area contributed by atoms with Gasteiger partial charge in [-0.1, -0.05) is 24.3 Å². The van der Waals surface area contributed by atoms with Crippen LogP contribution in [0.4, 0.5) is 11.4 Å². The molecule has 4 rings (SSSR count). The smallest absolute Gasteiger partial charge is 0.270 e. The predicted octanol–water partition coefficient (Wildman–Crippen LogP) is 4.49. The van der Waals surface area contributed by atoms with Crippen LogP contribution in [0, 0.1) is 16.0 Å². The number of anilines is 1. The second-order valence-corrected chi connectivity index (χ2v) is 10.1. The van der Waals surface area contributed by atoms with E-state index in [1.165, 1.54) is 34.7 Å². The Hall–Kier alpha value is -3.43. The molecule has 2 aliphatic rings. The topological polar surface area (TPSA) is 113 Å². The normalized spacial score (nSPS) is 21.2. The van der Waals surface area contributed by atoms with Crippen molar-refractivity contribution in [3.05, 3.63) is 95.1 Å². The summed E-state index contributed by atoms with van der Waals surface area (Å²) in [6.45, 7) is 7.63. The van der Waals surface area contributed by atoms with E-state index in [4.69, 9.17) is 0 Å².